The molecule has 128 valence electrons. The number of methoxy groups -OCH3 is 1. The highest BCUT2D eigenvalue weighted by molar-refractivity contribution is 5.80. The lowest BCUT2D eigenvalue weighted by Gasteiger charge is -2.36. The van der Waals surface area contributed by atoms with E-state index in [1.807, 2.05) is 6.07 Å². The van der Waals surface area contributed by atoms with Crippen LogP contribution >= 0.6 is 0 Å². The van der Waals surface area contributed by atoms with Gasteiger partial charge in [-0.25, -0.2) is 0 Å². The second-order valence-electron chi connectivity index (χ2n) is 6.68. The number of fused-ring (bicyclic) bond motifs is 1. The Morgan fingerprint density at radius 2 is 2.25 bits per heavy atom. The molecule has 0 fully saturated rings. The molecule has 0 aromatic heterocycles. The number of carbonyl (C=O) groups excluding carboxylic acids is 1. The monoisotopic (exact) mass is 325 g/mol. The second-order valence-corrected chi connectivity index (χ2v) is 6.68. The maximum absolute atomic E-state index is 12.9. The lowest BCUT2D eigenvalue weighted by Crippen LogP contribution is -2.44. The molecule has 1 amide bonds. The third-order valence-electron chi connectivity index (χ3n) is 5.07. The summed E-state index contributed by atoms with van der Waals surface area (Å²) in [5.41, 5.74) is 3.82. The summed E-state index contributed by atoms with van der Waals surface area (Å²) in [5, 5.41) is 0. The zero-order valence-electron chi connectivity index (χ0n) is 14.8. The van der Waals surface area contributed by atoms with Gasteiger partial charge in [-0.15, -0.1) is 0 Å². The predicted octanol–water partition coefficient (Wildman–Crippen LogP) is 4.07. The summed E-state index contributed by atoms with van der Waals surface area (Å²) < 4.78 is 5.55. The van der Waals surface area contributed by atoms with Gasteiger partial charge >= 0.3 is 0 Å². The van der Waals surface area contributed by atoms with Crippen molar-refractivity contribution in [2.75, 3.05) is 13.7 Å². The number of rotatable bonds is 6. The van der Waals surface area contributed by atoms with Gasteiger partial charge in [0, 0.05) is 12.6 Å². The van der Waals surface area contributed by atoms with Crippen molar-refractivity contribution in [2.24, 2.45) is 0 Å². The van der Waals surface area contributed by atoms with Gasteiger partial charge in [-0.05, 0) is 54.9 Å². The van der Waals surface area contributed by atoms with Crippen LogP contribution < -0.4 is 4.74 Å². The average molecular weight is 325 g/mol. The van der Waals surface area contributed by atoms with Crippen molar-refractivity contribution in [3.8, 4) is 5.75 Å². The molecule has 3 rings (SSSR count). The molecule has 3 heteroatoms. The van der Waals surface area contributed by atoms with E-state index in [0.717, 1.165) is 50.0 Å². The Kier molecular flexibility index (Phi) is 5.39. The van der Waals surface area contributed by atoms with Gasteiger partial charge < -0.3 is 9.64 Å². The Balaban J connectivity index is 1.76. The summed E-state index contributed by atoms with van der Waals surface area (Å²) in [5.74, 6) is 1.22. The Labute approximate surface area is 145 Å². The number of hydrogen-bond donors (Lipinski definition) is 0. The first kappa shape index (κ1) is 16.8. The van der Waals surface area contributed by atoms with Gasteiger partial charge in [0.1, 0.15) is 5.75 Å². The zero-order valence-corrected chi connectivity index (χ0v) is 14.8. The predicted molar refractivity (Wildman–Crippen MR) is 97.3 cm³/mol. The van der Waals surface area contributed by atoms with Crippen LogP contribution in [0, 0.1) is 0 Å². The standard InChI is InChI=1S/C21H27NO2/c1-3-13-22(21(23)14-16-7-4-5-8-16)18-12-11-17-9-6-10-20(24-2)19(17)15-18/h4,6-10,18H,3,5,11-15H2,1-2H3. The van der Waals surface area contributed by atoms with Gasteiger partial charge in [-0.2, -0.15) is 0 Å². The van der Waals surface area contributed by atoms with Gasteiger partial charge in [-0.1, -0.05) is 37.3 Å². The van der Waals surface area contributed by atoms with Gasteiger partial charge in [-0.3, -0.25) is 4.79 Å². The molecule has 0 aliphatic heterocycles. The molecule has 3 nitrogen and oxygen atoms in total. The Morgan fingerprint density at radius 1 is 1.38 bits per heavy atom. The molecule has 1 aromatic carbocycles. The third-order valence-corrected chi connectivity index (χ3v) is 5.07. The van der Waals surface area contributed by atoms with Crippen molar-refractivity contribution >= 4 is 5.91 Å². The van der Waals surface area contributed by atoms with E-state index in [-0.39, 0.29) is 11.9 Å². The van der Waals surface area contributed by atoms with Crippen LogP contribution in [0.15, 0.2) is 42.0 Å². The number of carbonyl (C=O) groups is 1. The van der Waals surface area contributed by atoms with E-state index in [0.29, 0.717) is 6.42 Å². The molecule has 24 heavy (non-hydrogen) atoms. The lowest BCUT2D eigenvalue weighted by atomic mass is 9.86. The van der Waals surface area contributed by atoms with E-state index in [2.05, 4.69) is 42.2 Å². The van der Waals surface area contributed by atoms with Crippen molar-refractivity contribution < 1.29 is 9.53 Å². The van der Waals surface area contributed by atoms with Crippen molar-refractivity contribution in [1.82, 2.24) is 4.90 Å². The largest absolute Gasteiger partial charge is 0.496 e. The summed E-state index contributed by atoms with van der Waals surface area (Å²) in [6, 6.07) is 6.56. The van der Waals surface area contributed by atoms with E-state index in [1.165, 1.54) is 11.1 Å². The SMILES string of the molecule is CCCN(C(=O)CC1=CCC=C1)C1CCc2cccc(OC)c2C1. The summed E-state index contributed by atoms with van der Waals surface area (Å²) in [4.78, 5) is 15.0. The Hall–Kier alpha value is -2.03. The maximum Gasteiger partial charge on any atom is 0.227 e. The first-order chi connectivity index (χ1) is 11.7. The fourth-order valence-corrected chi connectivity index (χ4v) is 3.86. The van der Waals surface area contributed by atoms with Crippen LogP contribution in [0.25, 0.3) is 0 Å². The Bertz CT molecular complexity index is 646. The van der Waals surface area contributed by atoms with Gasteiger partial charge in [0.25, 0.3) is 0 Å². The molecule has 1 atom stereocenters. The van der Waals surface area contributed by atoms with Crippen LogP contribution in [0.5, 0.6) is 5.75 Å². The van der Waals surface area contributed by atoms with Crippen molar-refractivity contribution in [3.63, 3.8) is 0 Å². The number of hydrogen-bond acceptors (Lipinski definition) is 2. The number of aryl methyl sites for hydroxylation is 1. The molecule has 2 aliphatic rings. The minimum absolute atomic E-state index is 0.262. The van der Waals surface area contributed by atoms with Crippen molar-refractivity contribution in [3.05, 3.63) is 53.1 Å². The molecule has 0 saturated heterocycles. The topological polar surface area (TPSA) is 29.5 Å². The molecule has 2 aliphatic carbocycles. The van der Waals surface area contributed by atoms with Crippen LogP contribution in [0.1, 0.15) is 43.7 Å². The van der Waals surface area contributed by atoms with E-state index in [1.54, 1.807) is 7.11 Å². The molecule has 0 bridgehead atoms. The lowest BCUT2D eigenvalue weighted by molar-refractivity contribution is -0.133. The molecule has 0 saturated carbocycles. The molecule has 0 heterocycles. The zero-order chi connectivity index (χ0) is 16.9. The van der Waals surface area contributed by atoms with Crippen LogP contribution in [-0.4, -0.2) is 30.5 Å². The molecule has 1 unspecified atom stereocenters. The van der Waals surface area contributed by atoms with Crippen molar-refractivity contribution in [1.29, 1.82) is 0 Å². The molecule has 0 radical (unpaired) electrons. The van der Waals surface area contributed by atoms with Gasteiger partial charge in [0.05, 0.1) is 13.5 Å². The van der Waals surface area contributed by atoms with Crippen LogP contribution in [0.2, 0.25) is 0 Å². The number of amides is 1. The molecule has 0 spiro atoms. The highest BCUT2D eigenvalue weighted by Crippen LogP contribution is 2.32. The molecule has 1 aromatic rings. The number of benzene rings is 1. The number of allylic oxidation sites excluding steroid dienone is 3. The first-order valence-electron chi connectivity index (χ1n) is 9.02. The third kappa shape index (κ3) is 3.55. The molecule has 0 N–H and O–H groups in total. The highest BCUT2D eigenvalue weighted by atomic mass is 16.5. The smallest absolute Gasteiger partial charge is 0.227 e. The van der Waals surface area contributed by atoms with Crippen LogP contribution in [0.3, 0.4) is 0 Å². The molecular weight excluding hydrogens is 298 g/mol. The summed E-state index contributed by atoms with van der Waals surface area (Å²) in [6.07, 6.45) is 11.8. The Morgan fingerprint density at radius 3 is 2.96 bits per heavy atom. The number of ether oxygens (including phenoxy) is 1. The highest BCUT2D eigenvalue weighted by Gasteiger charge is 2.29. The molecular formula is C21H27NO2. The van der Waals surface area contributed by atoms with Gasteiger partial charge in [0.15, 0.2) is 0 Å². The van der Waals surface area contributed by atoms with E-state index < -0.39 is 0 Å². The second kappa shape index (κ2) is 7.69. The van der Waals surface area contributed by atoms with Crippen molar-refractivity contribution in [2.45, 2.75) is 51.5 Å². The van der Waals surface area contributed by atoms with E-state index in [4.69, 9.17) is 4.74 Å². The normalized spacial score (nSPS) is 18.9. The van der Waals surface area contributed by atoms with E-state index >= 15 is 0 Å². The minimum Gasteiger partial charge on any atom is -0.496 e. The van der Waals surface area contributed by atoms with Gasteiger partial charge in [0.2, 0.25) is 5.91 Å². The quantitative estimate of drug-likeness (QED) is 0.789. The first-order valence-corrected chi connectivity index (χ1v) is 9.02. The van der Waals surface area contributed by atoms with E-state index in [9.17, 15) is 4.79 Å². The summed E-state index contributed by atoms with van der Waals surface area (Å²) in [6.45, 7) is 2.98. The number of nitrogens with zero attached hydrogens (tertiary/aromatic N) is 1. The summed E-state index contributed by atoms with van der Waals surface area (Å²) in [7, 11) is 1.73. The summed E-state index contributed by atoms with van der Waals surface area (Å²) >= 11 is 0. The van der Waals surface area contributed by atoms with Crippen LogP contribution in [0.4, 0.5) is 0 Å². The fraction of sp³-hybridized carbons (Fsp3) is 0.476. The fourth-order valence-electron chi connectivity index (χ4n) is 3.86. The maximum atomic E-state index is 12.9. The average Bonchev–Trinajstić information content (AvgIpc) is 3.11. The van der Waals surface area contributed by atoms with Crippen LogP contribution in [-0.2, 0) is 17.6 Å². The minimum atomic E-state index is 0.262.